The van der Waals surface area contributed by atoms with Crippen LogP contribution in [0.3, 0.4) is 0 Å². The molecule has 1 aromatic rings. The second-order valence-electron chi connectivity index (χ2n) is 5.39. The number of halogens is 4. The van der Waals surface area contributed by atoms with E-state index in [0.717, 1.165) is 24.9 Å². The van der Waals surface area contributed by atoms with Crippen LogP contribution < -0.4 is 15.4 Å². The summed E-state index contributed by atoms with van der Waals surface area (Å²) in [5.74, 6) is 0.658. The fourth-order valence-electron chi connectivity index (χ4n) is 2.16. The number of nitrogens with one attached hydrogen (secondary N) is 2. The first-order valence-corrected chi connectivity index (χ1v) is 7.80. The Morgan fingerprint density at radius 1 is 1.32 bits per heavy atom. The van der Waals surface area contributed by atoms with E-state index in [1.54, 1.807) is 6.07 Å². The maximum atomic E-state index is 12.1. The van der Waals surface area contributed by atoms with Crippen LogP contribution in [0.1, 0.15) is 25.3 Å². The van der Waals surface area contributed by atoms with Gasteiger partial charge in [0.15, 0.2) is 12.6 Å². The average Bonchev–Trinajstić information content (AvgIpc) is 3.04. The van der Waals surface area contributed by atoms with Crippen LogP contribution in [0.2, 0.25) is 0 Å². The third kappa shape index (κ3) is 8.41. The van der Waals surface area contributed by atoms with Gasteiger partial charge in [-0.25, -0.2) is 9.98 Å². The molecule has 0 atom stereocenters. The van der Waals surface area contributed by atoms with Crippen molar-refractivity contribution in [3.8, 4) is 5.88 Å². The predicted octanol–water partition coefficient (Wildman–Crippen LogP) is 3.41. The Bertz CT molecular complexity index is 568. The first-order valence-electron chi connectivity index (χ1n) is 7.80. The van der Waals surface area contributed by atoms with Gasteiger partial charge in [-0.05, 0) is 25.3 Å². The monoisotopic (exact) mass is 470 g/mol. The van der Waals surface area contributed by atoms with Crippen molar-refractivity contribution in [1.82, 2.24) is 15.6 Å². The molecule has 5 nitrogen and oxygen atoms in total. The van der Waals surface area contributed by atoms with Crippen molar-refractivity contribution in [2.45, 2.75) is 38.5 Å². The summed E-state index contributed by atoms with van der Waals surface area (Å²) in [6, 6.07) is 3.42. The van der Waals surface area contributed by atoms with E-state index < -0.39 is 12.8 Å². The number of aromatic nitrogens is 1. The van der Waals surface area contributed by atoms with E-state index >= 15 is 0 Å². The minimum absolute atomic E-state index is 0. The van der Waals surface area contributed by atoms with E-state index in [4.69, 9.17) is 0 Å². The zero-order valence-corrected chi connectivity index (χ0v) is 16.2. The number of hydrogen-bond donors (Lipinski definition) is 2. The minimum atomic E-state index is -4.37. The summed E-state index contributed by atoms with van der Waals surface area (Å²) >= 11 is 0. The number of hydrogen-bond acceptors (Lipinski definition) is 3. The highest BCUT2D eigenvalue weighted by Gasteiger charge is 2.28. The van der Waals surface area contributed by atoms with E-state index in [-0.39, 0.29) is 29.9 Å². The first kappa shape index (κ1) is 21.5. The van der Waals surface area contributed by atoms with Crippen LogP contribution in [0.25, 0.3) is 0 Å². The van der Waals surface area contributed by atoms with E-state index in [9.17, 15) is 13.2 Å². The Morgan fingerprint density at radius 2 is 2.04 bits per heavy atom. The average molecular weight is 470 g/mol. The van der Waals surface area contributed by atoms with Gasteiger partial charge in [0.1, 0.15) is 0 Å². The summed E-state index contributed by atoms with van der Waals surface area (Å²) in [4.78, 5) is 8.33. The number of guanidine groups is 1. The molecule has 0 aromatic carbocycles. The van der Waals surface area contributed by atoms with Crippen LogP contribution >= 0.6 is 24.0 Å². The molecule has 0 amide bonds. The molecule has 25 heavy (non-hydrogen) atoms. The molecule has 0 spiro atoms. The van der Waals surface area contributed by atoms with Gasteiger partial charge in [0.25, 0.3) is 0 Å². The van der Waals surface area contributed by atoms with Crippen molar-refractivity contribution in [1.29, 1.82) is 0 Å². The van der Waals surface area contributed by atoms with Crippen LogP contribution in [-0.4, -0.2) is 36.3 Å². The maximum absolute atomic E-state index is 12.1. The van der Waals surface area contributed by atoms with Gasteiger partial charge >= 0.3 is 6.18 Å². The zero-order valence-electron chi connectivity index (χ0n) is 13.8. The SMILES string of the molecule is CCNC(=NCc1ccc(OCC(F)(F)F)nc1)NC1CC=CC1.I. The van der Waals surface area contributed by atoms with Gasteiger partial charge < -0.3 is 15.4 Å². The van der Waals surface area contributed by atoms with Gasteiger partial charge in [-0.15, -0.1) is 24.0 Å². The minimum Gasteiger partial charge on any atom is -0.468 e. The zero-order chi connectivity index (χ0) is 17.4. The molecule has 9 heteroatoms. The highest BCUT2D eigenvalue weighted by molar-refractivity contribution is 14.0. The fourth-order valence-corrected chi connectivity index (χ4v) is 2.16. The van der Waals surface area contributed by atoms with Crippen LogP contribution in [0, 0.1) is 0 Å². The second kappa shape index (κ2) is 10.5. The number of ether oxygens (including phenoxy) is 1. The summed E-state index contributed by atoms with van der Waals surface area (Å²) in [7, 11) is 0. The lowest BCUT2D eigenvalue weighted by atomic mass is 10.2. The van der Waals surface area contributed by atoms with Crippen molar-refractivity contribution in [2.24, 2.45) is 4.99 Å². The fraction of sp³-hybridized carbons (Fsp3) is 0.500. The molecule has 0 radical (unpaired) electrons. The Balaban J connectivity index is 0.00000312. The number of alkyl halides is 3. The quantitative estimate of drug-likeness (QED) is 0.290. The van der Waals surface area contributed by atoms with Crippen molar-refractivity contribution in [3.05, 3.63) is 36.0 Å². The van der Waals surface area contributed by atoms with Crippen molar-refractivity contribution >= 4 is 29.9 Å². The number of aliphatic imine (C=N–C) groups is 1. The summed E-state index contributed by atoms with van der Waals surface area (Å²) in [5.41, 5.74) is 0.788. The molecule has 1 aromatic heterocycles. The molecule has 140 valence electrons. The summed E-state index contributed by atoms with van der Waals surface area (Å²) in [5, 5.41) is 6.51. The number of nitrogens with zero attached hydrogens (tertiary/aromatic N) is 2. The van der Waals surface area contributed by atoms with Crippen molar-refractivity contribution < 1.29 is 17.9 Å². The molecule has 2 N–H and O–H groups in total. The molecule has 0 unspecified atom stereocenters. The van der Waals surface area contributed by atoms with Crippen LogP contribution in [0.15, 0.2) is 35.5 Å². The molecule has 0 saturated carbocycles. The largest absolute Gasteiger partial charge is 0.468 e. The molecular formula is C16H22F3IN4O. The Morgan fingerprint density at radius 3 is 2.60 bits per heavy atom. The van der Waals surface area contributed by atoms with Crippen molar-refractivity contribution in [2.75, 3.05) is 13.2 Å². The Hall–Kier alpha value is -1.52. The lowest BCUT2D eigenvalue weighted by Crippen LogP contribution is -2.42. The summed E-state index contributed by atoms with van der Waals surface area (Å²) < 4.78 is 40.8. The molecule has 1 heterocycles. The van der Waals surface area contributed by atoms with E-state index in [1.807, 2.05) is 6.92 Å². The molecule has 2 rings (SSSR count). The third-order valence-electron chi connectivity index (χ3n) is 3.29. The van der Waals surface area contributed by atoms with Gasteiger partial charge in [0.05, 0.1) is 6.54 Å². The van der Waals surface area contributed by atoms with Crippen molar-refractivity contribution in [3.63, 3.8) is 0 Å². The lowest BCUT2D eigenvalue weighted by Gasteiger charge is -2.16. The third-order valence-corrected chi connectivity index (χ3v) is 3.29. The molecular weight excluding hydrogens is 448 g/mol. The highest BCUT2D eigenvalue weighted by Crippen LogP contribution is 2.17. The second-order valence-corrected chi connectivity index (χ2v) is 5.39. The van der Waals surface area contributed by atoms with E-state index in [2.05, 4.69) is 37.5 Å². The van der Waals surface area contributed by atoms with Gasteiger partial charge in [-0.2, -0.15) is 13.2 Å². The molecule has 0 aliphatic heterocycles. The van der Waals surface area contributed by atoms with Gasteiger partial charge in [0, 0.05) is 24.8 Å². The summed E-state index contributed by atoms with van der Waals surface area (Å²) in [6.45, 7) is 1.76. The Kier molecular flexibility index (Phi) is 9.01. The van der Waals surface area contributed by atoms with Crippen LogP contribution in [0.5, 0.6) is 5.88 Å². The lowest BCUT2D eigenvalue weighted by molar-refractivity contribution is -0.154. The van der Waals surface area contributed by atoms with Gasteiger partial charge in [-0.3, -0.25) is 0 Å². The first-order chi connectivity index (χ1) is 11.5. The van der Waals surface area contributed by atoms with Gasteiger partial charge in [0.2, 0.25) is 5.88 Å². The number of pyridine rings is 1. The summed E-state index contributed by atoms with van der Waals surface area (Å²) in [6.07, 6.45) is 3.30. The normalized spacial score (nSPS) is 15.0. The number of rotatable bonds is 6. The van der Waals surface area contributed by atoms with Gasteiger partial charge in [-0.1, -0.05) is 18.2 Å². The maximum Gasteiger partial charge on any atom is 0.422 e. The molecule has 1 aliphatic rings. The molecule has 0 saturated heterocycles. The molecule has 0 bridgehead atoms. The van der Waals surface area contributed by atoms with E-state index in [0.29, 0.717) is 18.5 Å². The molecule has 1 aliphatic carbocycles. The standard InChI is InChI=1S/C16H21F3N4O.HI/c1-2-20-15(23-13-5-3-4-6-13)22-10-12-7-8-14(21-9-12)24-11-16(17,18)19;/h3-4,7-9,13H,2,5-6,10-11H2,1H3,(H2,20,22,23);1H. The smallest absolute Gasteiger partial charge is 0.422 e. The molecule has 0 fully saturated rings. The highest BCUT2D eigenvalue weighted by atomic mass is 127. The van der Waals surface area contributed by atoms with Crippen LogP contribution in [0.4, 0.5) is 13.2 Å². The van der Waals surface area contributed by atoms with Crippen LogP contribution in [-0.2, 0) is 6.54 Å². The Labute approximate surface area is 162 Å². The topological polar surface area (TPSA) is 58.5 Å². The van der Waals surface area contributed by atoms with E-state index in [1.165, 1.54) is 12.3 Å². The predicted molar refractivity (Wildman–Crippen MR) is 101 cm³/mol.